The molecule has 0 fully saturated rings. The molecule has 3 nitrogen and oxygen atoms in total. The Bertz CT molecular complexity index is 864. The van der Waals surface area contributed by atoms with Crippen molar-refractivity contribution in [2.45, 2.75) is 6.42 Å². The van der Waals surface area contributed by atoms with Crippen LogP contribution in [0.4, 0.5) is 0 Å². The third-order valence-corrected chi connectivity index (χ3v) is 5.09. The maximum atomic E-state index is 12.0. The van der Waals surface area contributed by atoms with Crippen molar-refractivity contribution >= 4 is 49.8 Å². The lowest BCUT2D eigenvalue weighted by Crippen LogP contribution is -2.15. The molecule has 0 atom stereocenters. The molecule has 1 heterocycles. The highest BCUT2D eigenvalue weighted by molar-refractivity contribution is 9.11. The van der Waals surface area contributed by atoms with Gasteiger partial charge in [0, 0.05) is 0 Å². The molecule has 1 aromatic heterocycles. The molecule has 0 saturated carbocycles. The molecular formula is C18H13BrO3S. The molecule has 5 heteroatoms. The summed E-state index contributed by atoms with van der Waals surface area (Å²) < 4.78 is 6.00. The highest BCUT2D eigenvalue weighted by Crippen LogP contribution is 2.22. The van der Waals surface area contributed by atoms with Crippen LogP contribution in [-0.2, 0) is 16.0 Å². The number of fused-ring (bicyclic) bond motifs is 1. The Morgan fingerprint density at radius 3 is 2.57 bits per heavy atom. The van der Waals surface area contributed by atoms with Crippen LogP contribution in [-0.4, -0.2) is 18.4 Å². The minimum atomic E-state index is -0.398. The van der Waals surface area contributed by atoms with Crippen molar-refractivity contribution in [2.75, 3.05) is 6.61 Å². The Morgan fingerprint density at radius 1 is 1.00 bits per heavy atom. The number of hydrogen-bond donors (Lipinski definition) is 0. The number of carbonyl (C=O) groups excluding carboxylic acids is 2. The minimum Gasteiger partial charge on any atom is -0.457 e. The molecule has 0 unspecified atom stereocenters. The maximum absolute atomic E-state index is 12.0. The van der Waals surface area contributed by atoms with E-state index in [-0.39, 0.29) is 18.8 Å². The number of carbonyl (C=O) groups is 2. The van der Waals surface area contributed by atoms with Crippen LogP contribution < -0.4 is 0 Å². The smallest absolute Gasteiger partial charge is 0.310 e. The fourth-order valence-electron chi connectivity index (χ4n) is 2.33. The Kier molecular flexibility index (Phi) is 4.88. The van der Waals surface area contributed by atoms with Crippen molar-refractivity contribution in [3.05, 3.63) is 68.8 Å². The lowest BCUT2D eigenvalue weighted by molar-refractivity contribution is -0.141. The van der Waals surface area contributed by atoms with Gasteiger partial charge < -0.3 is 4.74 Å². The van der Waals surface area contributed by atoms with Gasteiger partial charge in [0.05, 0.1) is 15.1 Å². The van der Waals surface area contributed by atoms with Crippen LogP contribution in [0, 0.1) is 0 Å². The molecule has 0 N–H and O–H groups in total. The number of halogens is 1. The van der Waals surface area contributed by atoms with Gasteiger partial charge in [0.1, 0.15) is 0 Å². The molecule has 23 heavy (non-hydrogen) atoms. The predicted octanol–water partition coefficient (Wildman–Crippen LogP) is 4.63. The van der Waals surface area contributed by atoms with E-state index in [1.54, 1.807) is 12.1 Å². The van der Waals surface area contributed by atoms with E-state index in [1.165, 1.54) is 11.3 Å². The van der Waals surface area contributed by atoms with Crippen LogP contribution in [0.1, 0.15) is 15.2 Å². The minimum absolute atomic E-state index is 0.156. The number of ketones is 1. The van der Waals surface area contributed by atoms with Gasteiger partial charge >= 0.3 is 5.97 Å². The number of thiophene rings is 1. The topological polar surface area (TPSA) is 43.4 Å². The van der Waals surface area contributed by atoms with Gasteiger partial charge in [-0.1, -0.05) is 42.5 Å². The highest BCUT2D eigenvalue weighted by atomic mass is 79.9. The lowest BCUT2D eigenvalue weighted by atomic mass is 10.0. The van der Waals surface area contributed by atoms with Crippen molar-refractivity contribution < 1.29 is 14.3 Å². The van der Waals surface area contributed by atoms with Crippen molar-refractivity contribution in [1.29, 1.82) is 0 Å². The second kappa shape index (κ2) is 7.06. The van der Waals surface area contributed by atoms with Crippen LogP contribution in [0.25, 0.3) is 10.8 Å². The molecule has 3 aromatic rings. The van der Waals surface area contributed by atoms with E-state index in [4.69, 9.17) is 4.74 Å². The molecule has 0 spiro atoms. The second-order valence-electron chi connectivity index (χ2n) is 5.00. The fourth-order valence-corrected chi connectivity index (χ4v) is 3.64. The van der Waals surface area contributed by atoms with Crippen molar-refractivity contribution in [1.82, 2.24) is 0 Å². The molecule has 0 amide bonds. The van der Waals surface area contributed by atoms with E-state index in [9.17, 15) is 9.59 Å². The van der Waals surface area contributed by atoms with Crippen LogP contribution >= 0.6 is 27.3 Å². The van der Waals surface area contributed by atoms with Gasteiger partial charge in [0.15, 0.2) is 6.61 Å². The first-order chi connectivity index (χ1) is 11.1. The standard InChI is InChI=1S/C18H13BrO3S/c19-17-9-8-16(23-17)15(20)11-22-18(21)10-13-6-3-5-12-4-1-2-7-14(12)13/h1-9H,10-11H2. The lowest BCUT2D eigenvalue weighted by Gasteiger charge is -2.07. The number of esters is 1. The molecule has 2 aromatic carbocycles. The Labute approximate surface area is 146 Å². The van der Waals surface area contributed by atoms with Gasteiger partial charge in [0.2, 0.25) is 5.78 Å². The van der Waals surface area contributed by atoms with E-state index < -0.39 is 5.97 Å². The summed E-state index contributed by atoms with van der Waals surface area (Å²) >= 11 is 4.64. The summed E-state index contributed by atoms with van der Waals surface area (Å²) in [5.74, 6) is -0.586. The normalized spacial score (nSPS) is 10.7. The highest BCUT2D eigenvalue weighted by Gasteiger charge is 2.13. The van der Waals surface area contributed by atoms with Crippen LogP contribution in [0.2, 0.25) is 0 Å². The van der Waals surface area contributed by atoms with Gasteiger partial charge in [-0.3, -0.25) is 9.59 Å². The zero-order valence-electron chi connectivity index (χ0n) is 12.1. The summed E-state index contributed by atoms with van der Waals surface area (Å²) in [6, 6.07) is 17.2. The summed E-state index contributed by atoms with van der Waals surface area (Å²) in [7, 11) is 0. The molecule has 0 saturated heterocycles. The van der Waals surface area contributed by atoms with E-state index in [0.717, 1.165) is 20.1 Å². The van der Waals surface area contributed by atoms with Crippen LogP contribution in [0.3, 0.4) is 0 Å². The molecule has 0 bridgehead atoms. The summed E-state index contributed by atoms with van der Waals surface area (Å²) in [6.45, 7) is -0.226. The fraction of sp³-hybridized carbons (Fsp3) is 0.111. The van der Waals surface area contributed by atoms with Gasteiger partial charge in [0.25, 0.3) is 0 Å². The van der Waals surface area contributed by atoms with Gasteiger partial charge in [-0.25, -0.2) is 0 Å². The number of Topliss-reactive ketones (excluding diaryl/α,β-unsaturated/α-hetero) is 1. The van der Waals surface area contributed by atoms with Crippen molar-refractivity contribution in [3.63, 3.8) is 0 Å². The SMILES string of the molecule is O=C(Cc1cccc2ccccc12)OCC(=O)c1ccc(Br)s1. The second-order valence-corrected chi connectivity index (χ2v) is 7.47. The molecule has 0 aliphatic carbocycles. The van der Waals surface area contributed by atoms with E-state index in [0.29, 0.717) is 4.88 Å². The first kappa shape index (κ1) is 15.9. The third-order valence-electron chi connectivity index (χ3n) is 3.43. The summed E-state index contributed by atoms with van der Waals surface area (Å²) in [5.41, 5.74) is 0.902. The number of hydrogen-bond acceptors (Lipinski definition) is 4. The van der Waals surface area contributed by atoms with E-state index in [1.807, 2.05) is 42.5 Å². The van der Waals surface area contributed by atoms with Crippen molar-refractivity contribution in [3.8, 4) is 0 Å². The monoisotopic (exact) mass is 388 g/mol. The predicted molar refractivity (Wildman–Crippen MR) is 95.0 cm³/mol. The molecular weight excluding hydrogens is 376 g/mol. The van der Waals surface area contributed by atoms with Gasteiger partial charge in [-0.05, 0) is 44.4 Å². The van der Waals surface area contributed by atoms with Gasteiger partial charge in [-0.15, -0.1) is 11.3 Å². The largest absolute Gasteiger partial charge is 0.457 e. The summed E-state index contributed by atoms with van der Waals surface area (Å²) in [5, 5.41) is 2.11. The summed E-state index contributed by atoms with van der Waals surface area (Å²) in [6.07, 6.45) is 0.156. The Morgan fingerprint density at radius 2 is 1.78 bits per heavy atom. The first-order valence-electron chi connectivity index (χ1n) is 7.04. The van der Waals surface area contributed by atoms with E-state index >= 15 is 0 Å². The molecule has 116 valence electrons. The zero-order valence-corrected chi connectivity index (χ0v) is 14.5. The third kappa shape index (κ3) is 3.86. The Balaban J connectivity index is 1.64. The van der Waals surface area contributed by atoms with Crippen LogP contribution in [0.15, 0.2) is 58.4 Å². The Hall–Kier alpha value is -1.98. The van der Waals surface area contributed by atoms with Gasteiger partial charge in [-0.2, -0.15) is 0 Å². The van der Waals surface area contributed by atoms with E-state index in [2.05, 4.69) is 15.9 Å². The number of benzene rings is 2. The number of ether oxygens (including phenoxy) is 1. The average molecular weight is 389 g/mol. The maximum Gasteiger partial charge on any atom is 0.310 e. The summed E-state index contributed by atoms with van der Waals surface area (Å²) in [4.78, 5) is 24.5. The van der Waals surface area contributed by atoms with Crippen LogP contribution in [0.5, 0.6) is 0 Å². The molecule has 3 rings (SSSR count). The quantitative estimate of drug-likeness (QED) is 0.472. The molecule has 0 radical (unpaired) electrons. The van der Waals surface area contributed by atoms with Crippen molar-refractivity contribution in [2.24, 2.45) is 0 Å². The molecule has 0 aliphatic rings. The molecule has 0 aliphatic heterocycles. The average Bonchev–Trinajstić information content (AvgIpc) is 2.99. The number of rotatable bonds is 5. The zero-order chi connectivity index (χ0) is 16.2. The first-order valence-corrected chi connectivity index (χ1v) is 8.65.